The summed E-state index contributed by atoms with van der Waals surface area (Å²) >= 11 is 0. The molecule has 1 aromatic heterocycles. The van der Waals surface area contributed by atoms with Crippen LogP contribution in [0.15, 0.2) is 66.7 Å². The Hall–Kier alpha value is -3.87. The molecule has 0 saturated carbocycles. The molecule has 0 unspecified atom stereocenters. The molecule has 0 radical (unpaired) electrons. The number of rotatable bonds is 8. The summed E-state index contributed by atoms with van der Waals surface area (Å²) in [5.74, 6) is -0.647. The van der Waals surface area contributed by atoms with Crippen molar-refractivity contribution in [2.75, 3.05) is 38.0 Å². The summed E-state index contributed by atoms with van der Waals surface area (Å²) in [6, 6.07) is 20.7. The predicted octanol–water partition coefficient (Wildman–Crippen LogP) is 3.07. The van der Waals surface area contributed by atoms with Crippen molar-refractivity contribution in [3.8, 4) is 0 Å². The number of anilines is 2. The average Bonchev–Trinajstić information content (AvgIpc) is 2.81. The van der Waals surface area contributed by atoms with Crippen LogP contribution < -0.4 is 20.4 Å². The van der Waals surface area contributed by atoms with Crippen molar-refractivity contribution < 1.29 is 9.59 Å². The Morgan fingerprint density at radius 1 is 0.656 bits per heavy atom. The minimum atomic E-state index is -0.324. The lowest BCUT2D eigenvalue weighted by Crippen LogP contribution is -2.27. The fourth-order valence-electron chi connectivity index (χ4n) is 3.06. The molecule has 0 bridgehead atoms. The first-order valence-electron chi connectivity index (χ1n) is 10.4. The maximum absolute atomic E-state index is 12.5. The number of nitrogens with zero attached hydrogens (tertiary/aromatic N) is 3. The third-order valence-electron chi connectivity index (χ3n) is 5.03. The van der Waals surface area contributed by atoms with Gasteiger partial charge in [0.1, 0.15) is 11.4 Å². The molecule has 0 fully saturated rings. The molecule has 3 rings (SSSR count). The van der Waals surface area contributed by atoms with Crippen LogP contribution in [0.25, 0.3) is 0 Å². The lowest BCUT2D eigenvalue weighted by Gasteiger charge is -2.13. The van der Waals surface area contributed by atoms with Crippen molar-refractivity contribution in [1.29, 1.82) is 0 Å². The Bertz CT molecular complexity index is 978. The third-order valence-corrected chi connectivity index (χ3v) is 5.03. The smallest absolute Gasteiger partial charge is 0.270 e. The lowest BCUT2D eigenvalue weighted by atomic mass is 10.2. The quantitative estimate of drug-likeness (QED) is 0.573. The standard InChI is InChI=1S/C25H29N5O2/c1-29(2)20-12-8-18(9-13-20)16-26-24(31)22-6-5-7-23(28-22)25(32)27-17-19-10-14-21(15-11-19)30(3)4/h5-15H,16-17H2,1-4H3,(H,26,31)(H,27,32). The van der Waals surface area contributed by atoms with Gasteiger partial charge in [0, 0.05) is 52.7 Å². The summed E-state index contributed by atoms with van der Waals surface area (Å²) in [5.41, 5.74) is 4.57. The topological polar surface area (TPSA) is 77.6 Å². The van der Waals surface area contributed by atoms with Gasteiger partial charge in [-0.1, -0.05) is 30.3 Å². The van der Waals surface area contributed by atoms with Crippen LogP contribution in [-0.2, 0) is 13.1 Å². The first-order valence-corrected chi connectivity index (χ1v) is 10.4. The zero-order chi connectivity index (χ0) is 23.1. The molecular weight excluding hydrogens is 402 g/mol. The molecule has 0 aliphatic carbocycles. The van der Waals surface area contributed by atoms with Crippen molar-refractivity contribution in [3.63, 3.8) is 0 Å². The lowest BCUT2D eigenvalue weighted by molar-refractivity contribution is 0.0941. The summed E-state index contributed by atoms with van der Waals surface area (Å²) in [4.78, 5) is 33.3. The second-order valence-corrected chi connectivity index (χ2v) is 7.90. The van der Waals surface area contributed by atoms with E-state index in [1.54, 1.807) is 18.2 Å². The molecule has 0 spiro atoms. The SMILES string of the molecule is CN(C)c1ccc(CNC(=O)c2cccc(C(=O)NCc3ccc(N(C)C)cc3)n2)cc1. The molecule has 0 atom stereocenters. The van der Waals surface area contributed by atoms with Crippen molar-refractivity contribution in [2.24, 2.45) is 0 Å². The van der Waals surface area contributed by atoms with E-state index in [0.29, 0.717) is 13.1 Å². The summed E-state index contributed by atoms with van der Waals surface area (Å²) in [5, 5.41) is 5.70. The highest BCUT2D eigenvalue weighted by atomic mass is 16.2. The van der Waals surface area contributed by atoms with Crippen LogP contribution in [0.1, 0.15) is 32.1 Å². The zero-order valence-corrected chi connectivity index (χ0v) is 18.9. The van der Waals surface area contributed by atoms with E-state index in [2.05, 4.69) is 15.6 Å². The van der Waals surface area contributed by atoms with Crippen molar-refractivity contribution in [2.45, 2.75) is 13.1 Å². The van der Waals surface area contributed by atoms with Crippen LogP contribution in [0, 0.1) is 0 Å². The van der Waals surface area contributed by atoms with Gasteiger partial charge < -0.3 is 20.4 Å². The molecule has 166 valence electrons. The molecule has 0 aliphatic rings. The minimum Gasteiger partial charge on any atom is -0.378 e. The highest BCUT2D eigenvalue weighted by Gasteiger charge is 2.12. The molecule has 2 aromatic carbocycles. The van der Waals surface area contributed by atoms with Gasteiger partial charge in [0.25, 0.3) is 11.8 Å². The van der Waals surface area contributed by atoms with E-state index in [0.717, 1.165) is 22.5 Å². The molecule has 2 N–H and O–H groups in total. The monoisotopic (exact) mass is 431 g/mol. The summed E-state index contributed by atoms with van der Waals surface area (Å²) in [6.45, 7) is 0.765. The van der Waals surface area contributed by atoms with E-state index in [-0.39, 0.29) is 23.2 Å². The van der Waals surface area contributed by atoms with Crippen molar-refractivity contribution in [3.05, 3.63) is 89.2 Å². The molecule has 7 heteroatoms. The first-order chi connectivity index (χ1) is 15.3. The van der Waals surface area contributed by atoms with Gasteiger partial charge in [-0.2, -0.15) is 0 Å². The van der Waals surface area contributed by atoms with Gasteiger partial charge in [-0.05, 0) is 47.5 Å². The van der Waals surface area contributed by atoms with Crippen LogP contribution in [0.5, 0.6) is 0 Å². The van der Waals surface area contributed by atoms with Crippen LogP contribution in [-0.4, -0.2) is 45.0 Å². The van der Waals surface area contributed by atoms with Gasteiger partial charge in [0.05, 0.1) is 0 Å². The number of pyridine rings is 1. The van der Waals surface area contributed by atoms with E-state index in [9.17, 15) is 9.59 Å². The molecule has 0 aliphatic heterocycles. The van der Waals surface area contributed by atoms with E-state index in [4.69, 9.17) is 0 Å². The fourth-order valence-corrected chi connectivity index (χ4v) is 3.06. The molecule has 2 amide bonds. The molecule has 3 aromatic rings. The summed E-state index contributed by atoms with van der Waals surface area (Å²) in [6.07, 6.45) is 0. The van der Waals surface area contributed by atoms with Gasteiger partial charge in [-0.25, -0.2) is 4.98 Å². The Labute approximate surface area is 189 Å². The molecule has 7 nitrogen and oxygen atoms in total. The van der Waals surface area contributed by atoms with Crippen LogP contribution >= 0.6 is 0 Å². The minimum absolute atomic E-state index is 0.206. The largest absolute Gasteiger partial charge is 0.378 e. The fraction of sp³-hybridized carbons (Fsp3) is 0.240. The molecule has 0 saturated heterocycles. The first kappa shape index (κ1) is 22.8. The van der Waals surface area contributed by atoms with Gasteiger partial charge >= 0.3 is 0 Å². The Morgan fingerprint density at radius 2 is 1.03 bits per heavy atom. The van der Waals surface area contributed by atoms with Crippen molar-refractivity contribution >= 4 is 23.2 Å². The number of hydrogen-bond donors (Lipinski definition) is 2. The number of amides is 2. The third kappa shape index (κ3) is 6.07. The Morgan fingerprint density at radius 3 is 1.38 bits per heavy atom. The van der Waals surface area contributed by atoms with Gasteiger partial charge in [-0.3, -0.25) is 9.59 Å². The number of carbonyl (C=O) groups is 2. The number of carbonyl (C=O) groups excluding carboxylic acids is 2. The van der Waals surface area contributed by atoms with E-state index >= 15 is 0 Å². The predicted molar refractivity (Wildman–Crippen MR) is 128 cm³/mol. The second-order valence-electron chi connectivity index (χ2n) is 7.90. The van der Waals surface area contributed by atoms with Crippen LogP contribution in [0.3, 0.4) is 0 Å². The van der Waals surface area contributed by atoms with Crippen molar-refractivity contribution in [1.82, 2.24) is 15.6 Å². The summed E-state index contributed by atoms with van der Waals surface area (Å²) in [7, 11) is 7.91. The maximum Gasteiger partial charge on any atom is 0.270 e. The van der Waals surface area contributed by atoms with Gasteiger partial charge in [0.2, 0.25) is 0 Å². The van der Waals surface area contributed by atoms with E-state index in [1.165, 1.54) is 0 Å². The van der Waals surface area contributed by atoms with E-state index in [1.807, 2.05) is 86.5 Å². The number of benzene rings is 2. The molecule has 1 heterocycles. The number of aromatic nitrogens is 1. The molecule has 32 heavy (non-hydrogen) atoms. The Kier molecular flexibility index (Phi) is 7.44. The average molecular weight is 432 g/mol. The van der Waals surface area contributed by atoms with Gasteiger partial charge in [0.15, 0.2) is 0 Å². The summed E-state index contributed by atoms with van der Waals surface area (Å²) < 4.78 is 0. The van der Waals surface area contributed by atoms with Gasteiger partial charge in [-0.15, -0.1) is 0 Å². The van der Waals surface area contributed by atoms with Crippen LogP contribution in [0.2, 0.25) is 0 Å². The zero-order valence-electron chi connectivity index (χ0n) is 18.9. The Balaban J connectivity index is 1.56. The highest BCUT2D eigenvalue weighted by Crippen LogP contribution is 2.13. The number of nitrogens with one attached hydrogen (secondary N) is 2. The maximum atomic E-state index is 12.5. The molecular formula is C25H29N5O2. The van der Waals surface area contributed by atoms with E-state index < -0.39 is 0 Å². The normalized spacial score (nSPS) is 10.4. The number of hydrogen-bond acceptors (Lipinski definition) is 5. The second kappa shape index (κ2) is 10.4. The highest BCUT2D eigenvalue weighted by molar-refractivity contribution is 5.96. The van der Waals surface area contributed by atoms with Crippen LogP contribution in [0.4, 0.5) is 11.4 Å².